The van der Waals surface area contributed by atoms with E-state index in [9.17, 15) is 13.2 Å². The molecule has 0 aromatic carbocycles. The van der Waals surface area contributed by atoms with Gasteiger partial charge in [0.1, 0.15) is 0 Å². The minimum Gasteiger partial charge on any atom is -0.327 e. The van der Waals surface area contributed by atoms with Gasteiger partial charge in [0, 0.05) is 10.9 Å². The van der Waals surface area contributed by atoms with Gasteiger partial charge in [-0.25, -0.2) is 0 Å². The molecule has 5 heteroatoms. The molecule has 1 atom stereocenters. The molecule has 0 fully saturated rings. The molecule has 0 aliphatic heterocycles. The Morgan fingerprint density at radius 1 is 1.46 bits per heavy atom. The maximum atomic E-state index is 11.9. The van der Waals surface area contributed by atoms with Gasteiger partial charge in [0.05, 0.1) is 6.42 Å². The first-order valence-corrected chi connectivity index (χ1v) is 4.70. The molecule has 0 radical (unpaired) electrons. The zero-order valence-electron chi connectivity index (χ0n) is 6.84. The van der Waals surface area contributed by atoms with Crippen molar-refractivity contribution in [3.8, 4) is 0 Å². The van der Waals surface area contributed by atoms with Crippen LogP contribution in [-0.2, 0) is 6.42 Å². The third-order valence-corrected chi connectivity index (χ3v) is 2.44. The van der Waals surface area contributed by atoms with Crippen molar-refractivity contribution in [3.63, 3.8) is 0 Å². The average molecular weight is 209 g/mol. The van der Waals surface area contributed by atoms with Crippen LogP contribution in [0.2, 0.25) is 0 Å². The molecule has 0 saturated carbocycles. The molecule has 74 valence electrons. The first-order chi connectivity index (χ1) is 5.97. The van der Waals surface area contributed by atoms with Gasteiger partial charge in [-0.2, -0.15) is 13.2 Å². The quantitative estimate of drug-likeness (QED) is 0.813. The number of halogens is 3. The Hall–Kier alpha value is -0.550. The second-order valence-electron chi connectivity index (χ2n) is 2.86. The van der Waals surface area contributed by atoms with E-state index in [1.807, 2.05) is 5.38 Å². The average Bonchev–Trinajstić information content (AvgIpc) is 2.34. The van der Waals surface area contributed by atoms with Gasteiger partial charge in [0.2, 0.25) is 0 Å². The van der Waals surface area contributed by atoms with Crippen LogP contribution in [0.15, 0.2) is 17.5 Å². The smallest absolute Gasteiger partial charge is 0.327 e. The monoisotopic (exact) mass is 209 g/mol. The van der Waals surface area contributed by atoms with Crippen molar-refractivity contribution in [1.82, 2.24) is 0 Å². The maximum Gasteiger partial charge on any atom is 0.390 e. The summed E-state index contributed by atoms with van der Waals surface area (Å²) in [7, 11) is 0. The van der Waals surface area contributed by atoms with E-state index in [0.29, 0.717) is 6.42 Å². The SMILES string of the molecule is N[C@@H](Cc1cccs1)CC(F)(F)F. The van der Waals surface area contributed by atoms with Gasteiger partial charge in [0.25, 0.3) is 0 Å². The second-order valence-corrected chi connectivity index (χ2v) is 3.90. The number of hydrogen-bond acceptors (Lipinski definition) is 2. The summed E-state index contributed by atoms with van der Waals surface area (Å²) in [5, 5.41) is 1.83. The summed E-state index contributed by atoms with van der Waals surface area (Å²) in [6.45, 7) is 0. The molecule has 0 unspecified atom stereocenters. The molecule has 0 amide bonds. The van der Waals surface area contributed by atoms with Crippen molar-refractivity contribution >= 4 is 11.3 Å². The molecule has 1 aromatic rings. The summed E-state index contributed by atoms with van der Waals surface area (Å²) in [5.41, 5.74) is 5.34. The fourth-order valence-electron chi connectivity index (χ4n) is 1.06. The minimum absolute atomic E-state index is 0.303. The van der Waals surface area contributed by atoms with Gasteiger partial charge in [0.15, 0.2) is 0 Å². The van der Waals surface area contributed by atoms with Crippen LogP contribution in [0.1, 0.15) is 11.3 Å². The summed E-state index contributed by atoms with van der Waals surface area (Å²) in [4.78, 5) is 0.900. The Morgan fingerprint density at radius 3 is 2.62 bits per heavy atom. The number of thiophene rings is 1. The van der Waals surface area contributed by atoms with Crippen LogP contribution < -0.4 is 5.73 Å². The fourth-order valence-corrected chi connectivity index (χ4v) is 1.86. The fraction of sp³-hybridized carbons (Fsp3) is 0.500. The molecule has 0 bridgehead atoms. The minimum atomic E-state index is -4.16. The zero-order chi connectivity index (χ0) is 9.90. The van der Waals surface area contributed by atoms with E-state index in [4.69, 9.17) is 5.73 Å². The third kappa shape index (κ3) is 4.28. The van der Waals surface area contributed by atoms with Crippen molar-refractivity contribution in [2.75, 3.05) is 0 Å². The summed E-state index contributed by atoms with van der Waals surface area (Å²) in [6.07, 6.45) is -4.77. The van der Waals surface area contributed by atoms with E-state index in [1.54, 1.807) is 12.1 Å². The Labute approximate surface area is 78.4 Å². The number of rotatable bonds is 3. The van der Waals surface area contributed by atoms with Crippen molar-refractivity contribution in [2.24, 2.45) is 5.73 Å². The molecule has 1 rings (SSSR count). The topological polar surface area (TPSA) is 26.0 Å². The van der Waals surface area contributed by atoms with Crippen LogP contribution in [-0.4, -0.2) is 12.2 Å². The van der Waals surface area contributed by atoms with Crippen LogP contribution in [0.25, 0.3) is 0 Å². The predicted molar refractivity (Wildman–Crippen MR) is 46.7 cm³/mol. The summed E-state index contributed by atoms with van der Waals surface area (Å²) >= 11 is 1.43. The first-order valence-electron chi connectivity index (χ1n) is 3.82. The van der Waals surface area contributed by atoms with Gasteiger partial charge in [-0.15, -0.1) is 11.3 Å². The molecule has 0 aliphatic carbocycles. The van der Waals surface area contributed by atoms with Crippen molar-refractivity contribution < 1.29 is 13.2 Å². The molecular weight excluding hydrogens is 199 g/mol. The largest absolute Gasteiger partial charge is 0.390 e. The third-order valence-electron chi connectivity index (χ3n) is 1.54. The number of nitrogens with two attached hydrogens (primary N) is 1. The lowest BCUT2D eigenvalue weighted by atomic mass is 10.1. The Balaban J connectivity index is 2.38. The zero-order valence-corrected chi connectivity index (χ0v) is 7.66. The van der Waals surface area contributed by atoms with Crippen molar-refractivity contribution in [2.45, 2.75) is 25.1 Å². The normalized spacial score (nSPS) is 14.5. The molecule has 0 saturated heterocycles. The molecule has 13 heavy (non-hydrogen) atoms. The highest BCUT2D eigenvalue weighted by molar-refractivity contribution is 7.09. The van der Waals surface area contributed by atoms with E-state index in [0.717, 1.165) is 4.88 Å². The number of alkyl halides is 3. The molecule has 1 aromatic heterocycles. The molecular formula is C8H10F3NS. The highest BCUT2D eigenvalue weighted by Crippen LogP contribution is 2.22. The Bertz CT molecular complexity index is 242. The van der Waals surface area contributed by atoms with E-state index >= 15 is 0 Å². The van der Waals surface area contributed by atoms with Gasteiger partial charge < -0.3 is 5.73 Å². The Kier molecular flexibility index (Phi) is 3.33. The highest BCUT2D eigenvalue weighted by Gasteiger charge is 2.30. The van der Waals surface area contributed by atoms with E-state index in [1.165, 1.54) is 11.3 Å². The molecule has 0 spiro atoms. The predicted octanol–water partition coefficient (Wildman–Crippen LogP) is 2.57. The van der Waals surface area contributed by atoms with Crippen LogP contribution >= 0.6 is 11.3 Å². The number of hydrogen-bond donors (Lipinski definition) is 1. The van der Waals surface area contributed by atoms with Crippen molar-refractivity contribution in [1.29, 1.82) is 0 Å². The van der Waals surface area contributed by atoms with Crippen molar-refractivity contribution in [3.05, 3.63) is 22.4 Å². The lowest BCUT2D eigenvalue weighted by molar-refractivity contribution is -0.138. The standard InChI is InChI=1S/C8H10F3NS/c9-8(10,11)5-6(12)4-7-2-1-3-13-7/h1-3,6H,4-5,12H2/t6-/m0/s1. The summed E-state index contributed by atoms with van der Waals surface area (Å²) in [6, 6.07) is 2.78. The van der Waals surface area contributed by atoms with Gasteiger partial charge in [-0.05, 0) is 17.9 Å². The maximum absolute atomic E-state index is 11.9. The van der Waals surface area contributed by atoms with Crippen LogP contribution in [0.5, 0.6) is 0 Å². The first kappa shape index (κ1) is 10.5. The lowest BCUT2D eigenvalue weighted by Crippen LogP contribution is -2.29. The van der Waals surface area contributed by atoms with Crippen LogP contribution in [0.3, 0.4) is 0 Å². The summed E-state index contributed by atoms with van der Waals surface area (Å²) < 4.78 is 35.6. The highest BCUT2D eigenvalue weighted by atomic mass is 32.1. The van der Waals surface area contributed by atoms with Gasteiger partial charge in [-0.3, -0.25) is 0 Å². The lowest BCUT2D eigenvalue weighted by Gasteiger charge is -2.12. The molecule has 1 heterocycles. The Morgan fingerprint density at radius 2 is 2.15 bits per heavy atom. The van der Waals surface area contributed by atoms with E-state index in [-0.39, 0.29) is 0 Å². The molecule has 0 aliphatic rings. The summed E-state index contributed by atoms with van der Waals surface area (Å²) in [5.74, 6) is 0. The van der Waals surface area contributed by atoms with Gasteiger partial charge in [-0.1, -0.05) is 6.07 Å². The second kappa shape index (κ2) is 4.11. The van der Waals surface area contributed by atoms with Gasteiger partial charge >= 0.3 is 6.18 Å². The molecule has 1 nitrogen and oxygen atoms in total. The van der Waals surface area contributed by atoms with E-state index < -0.39 is 18.6 Å². The van der Waals surface area contributed by atoms with Crippen LogP contribution in [0.4, 0.5) is 13.2 Å². The molecule has 2 N–H and O–H groups in total. The van der Waals surface area contributed by atoms with E-state index in [2.05, 4.69) is 0 Å². The van der Waals surface area contributed by atoms with Crippen LogP contribution in [0, 0.1) is 0 Å².